The molecular formula is C11H14BrNO. The van der Waals surface area contributed by atoms with E-state index in [0.717, 1.165) is 15.6 Å². The van der Waals surface area contributed by atoms with Gasteiger partial charge in [-0.05, 0) is 30.5 Å². The van der Waals surface area contributed by atoms with E-state index in [-0.39, 0.29) is 0 Å². The van der Waals surface area contributed by atoms with Crippen LogP contribution in [0.1, 0.15) is 16.7 Å². The van der Waals surface area contributed by atoms with Gasteiger partial charge < -0.3 is 10.4 Å². The van der Waals surface area contributed by atoms with Crippen molar-refractivity contribution in [2.45, 2.75) is 19.4 Å². The first-order valence-electron chi connectivity index (χ1n) is 4.74. The number of hydrogen-bond acceptors (Lipinski definition) is 2. The third kappa shape index (κ3) is 1.40. The molecule has 2 nitrogen and oxygen atoms in total. The molecule has 0 radical (unpaired) electrons. The summed E-state index contributed by atoms with van der Waals surface area (Å²) < 4.78 is 1.11. The molecule has 0 spiro atoms. The van der Waals surface area contributed by atoms with Crippen molar-refractivity contribution in [1.82, 2.24) is 5.32 Å². The Kier molecular flexibility index (Phi) is 2.41. The zero-order chi connectivity index (χ0) is 10.3. The van der Waals surface area contributed by atoms with Gasteiger partial charge >= 0.3 is 0 Å². The van der Waals surface area contributed by atoms with Crippen LogP contribution in [0.4, 0.5) is 0 Å². The summed E-state index contributed by atoms with van der Waals surface area (Å²) in [5, 5.41) is 13.3. The molecule has 0 bridgehead atoms. The van der Waals surface area contributed by atoms with Crippen molar-refractivity contribution < 1.29 is 5.11 Å². The summed E-state index contributed by atoms with van der Waals surface area (Å²) in [7, 11) is 0. The van der Waals surface area contributed by atoms with Crippen LogP contribution in [0.2, 0.25) is 0 Å². The molecule has 2 N–H and O–H groups in total. The number of hydrogen-bond donors (Lipinski definition) is 2. The minimum Gasteiger partial charge on any atom is -0.382 e. The standard InChI is InChI=1S/C11H14BrNO/c1-7-3-4-9(8(2)10(7)12)11(14)5-13-6-11/h3-4,13-14H,5-6H2,1-2H3. The Balaban J connectivity index is 2.49. The summed E-state index contributed by atoms with van der Waals surface area (Å²) in [4.78, 5) is 0. The van der Waals surface area contributed by atoms with E-state index in [9.17, 15) is 5.11 Å². The maximum atomic E-state index is 10.2. The SMILES string of the molecule is Cc1ccc(C2(O)CNC2)c(C)c1Br. The summed E-state index contributed by atoms with van der Waals surface area (Å²) in [5.41, 5.74) is 2.74. The number of β-amino-alcohol motifs (C(OH)–C–C–N with tert-alkyl or cyclic N) is 1. The van der Waals surface area contributed by atoms with Crippen molar-refractivity contribution in [2.24, 2.45) is 0 Å². The first kappa shape index (κ1) is 10.1. The van der Waals surface area contributed by atoms with E-state index in [2.05, 4.69) is 28.2 Å². The third-order valence-electron chi connectivity index (χ3n) is 2.92. The zero-order valence-electron chi connectivity index (χ0n) is 8.39. The Bertz CT molecular complexity index is 372. The molecule has 0 aromatic heterocycles. The normalized spacial score (nSPS) is 19.1. The number of rotatable bonds is 1. The number of aliphatic hydroxyl groups is 1. The van der Waals surface area contributed by atoms with E-state index in [4.69, 9.17) is 0 Å². The van der Waals surface area contributed by atoms with Gasteiger partial charge in [-0.15, -0.1) is 0 Å². The van der Waals surface area contributed by atoms with Crippen LogP contribution in [0.25, 0.3) is 0 Å². The van der Waals surface area contributed by atoms with E-state index in [0.29, 0.717) is 13.1 Å². The van der Waals surface area contributed by atoms with Gasteiger partial charge in [-0.2, -0.15) is 0 Å². The highest BCUT2D eigenvalue weighted by Gasteiger charge is 2.37. The summed E-state index contributed by atoms with van der Waals surface area (Å²) in [5.74, 6) is 0. The summed E-state index contributed by atoms with van der Waals surface area (Å²) >= 11 is 3.54. The second-order valence-corrected chi connectivity index (χ2v) is 4.80. The second-order valence-electron chi connectivity index (χ2n) is 4.00. The quantitative estimate of drug-likeness (QED) is 0.803. The predicted octanol–water partition coefficient (Wildman–Crippen LogP) is 1.86. The fourth-order valence-corrected chi connectivity index (χ4v) is 2.22. The van der Waals surface area contributed by atoms with Crippen molar-refractivity contribution >= 4 is 15.9 Å². The fourth-order valence-electron chi connectivity index (χ4n) is 1.88. The van der Waals surface area contributed by atoms with Gasteiger partial charge in [0.15, 0.2) is 0 Å². The molecule has 1 saturated heterocycles. The van der Waals surface area contributed by atoms with Crippen LogP contribution in [0.15, 0.2) is 16.6 Å². The van der Waals surface area contributed by atoms with Crippen molar-refractivity contribution in [3.05, 3.63) is 33.3 Å². The van der Waals surface area contributed by atoms with Gasteiger partial charge in [-0.25, -0.2) is 0 Å². The molecule has 0 saturated carbocycles. The molecule has 1 fully saturated rings. The minimum absolute atomic E-state index is 0.652. The lowest BCUT2D eigenvalue weighted by Crippen LogP contribution is -2.57. The zero-order valence-corrected chi connectivity index (χ0v) is 9.98. The Labute approximate surface area is 92.5 Å². The van der Waals surface area contributed by atoms with E-state index >= 15 is 0 Å². The lowest BCUT2D eigenvalue weighted by atomic mass is 9.85. The molecule has 1 aromatic rings. The van der Waals surface area contributed by atoms with Crippen molar-refractivity contribution in [3.63, 3.8) is 0 Å². The minimum atomic E-state index is -0.652. The Morgan fingerprint density at radius 1 is 1.36 bits per heavy atom. The van der Waals surface area contributed by atoms with Crippen LogP contribution in [0.5, 0.6) is 0 Å². The van der Waals surface area contributed by atoms with E-state index in [1.54, 1.807) is 0 Å². The van der Waals surface area contributed by atoms with Crippen LogP contribution >= 0.6 is 15.9 Å². The van der Waals surface area contributed by atoms with Crippen LogP contribution in [-0.2, 0) is 5.60 Å². The summed E-state index contributed by atoms with van der Waals surface area (Å²) in [6, 6.07) is 4.07. The average Bonchev–Trinajstić information content (AvgIpc) is 2.11. The number of benzene rings is 1. The number of aryl methyl sites for hydroxylation is 1. The topological polar surface area (TPSA) is 32.3 Å². The molecule has 1 heterocycles. The average molecular weight is 256 g/mol. The van der Waals surface area contributed by atoms with Gasteiger partial charge in [0.05, 0.1) is 0 Å². The van der Waals surface area contributed by atoms with Crippen LogP contribution in [0.3, 0.4) is 0 Å². The molecule has 0 atom stereocenters. The van der Waals surface area contributed by atoms with Crippen molar-refractivity contribution in [3.8, 4) is 0 Å². The van der Waals surface area contributed by atoms with Gasteiger partial charge in [-0.1, -0.05) is 28.1 Å². The Morgan fingerprint density at radius 3 is 2.50 bits per heavy atom. The van der Waals surface area contributed by atoms with E-state index < -0.39 is 5.60 Å². The summed E-state index contributed by atoms with van der Waals surface area (Å²) in [6.07, 6.45) is 0. The van der Waals surface area contributed by atoms with Crippen molar-refractivity contribution in [2.75, 3.05) is 13.1 Å². The molecule has 0 aliphatic carbocycles. The Hall–Kier alpha value is -0.380. The first-order chi connectivity index (χ1) is 6.54. The molecule has 0 amide bonds. The van der Waals surface area contributed by atoms with E-state index in [1.165, 1.54) is 5.56 Å². The molecule has 76 valence electrons. The van der Waals surface area contributed by atoms with Gasteiger partial charge in [0.1, 0.15) is 5.60 Å². The lowest BCUT2D eigenvalue weighted by molar-refractivity contribution is -0.0152. The maximum absolute atomic E-state index is 10.2. The molecule has 1 aromatic carbocycles. The van der Waals surface area contributed by atoms with Gasteiger partial charge in [0, 0.05) is 17.6 Å². The van der Waals surface area contributed by atoms with Crippen LogP contribution in [0, 0.1) is 13.8 Å². The molecule has 1 aliphatic rings. The highest BCUT2D eigenvalue weighted by atomic mass is 79.9. The number of nitrogens with one attached hydrogen (secondary N) is 1. The van der Waals surface area contributed by atoms with Crippen molar-refractivity contribution in [1.29, 1.82) is 0 Å². The highest BCUT2D eigenvalue weighted by molar-refractivity contribution is 9.10. The fraction of sp³-hybridized carbons (Fsp3) is 0.455. The molecule has 3 heteroatoms. The molecule has 14 heavy (non-hydrogen) atoms. The highest BCUT2D eigenvalue weighted by Crippen LogP contribution is 2.33. The monoisotopic (exact) mass is 255 g/mol. The van der Waals surface area contributed by atoms with Crippen LogP contribution < -0.4 is 5.32 Å². The number of halogens is 1. The smallest absolute Gasteiger partial charge is 0.115 e. The van der Waals surface area contributed by atoms with Gasteiger partial charge in [0.25, 0.3) is 0 Å². The second kappa shape index (κ2) is 3.33. The van der Waals surface area contributed by atoms with Crippen LogP contribution in [-0.4, -0.2) is 18.2 Å². The molecule has 0 unspecified atom stereocenters. The first-order valence-corrected chi connectivity index (χ1v) is 5.53. The largest absolute Gasteiger partial charge is 0.382 e. The predicted molar refractivity (Wildman–Crippen MR) is 60.4 cm³/mol. The third-order valence-corrected chi connectivity index (χ3v) is 4.14. The summed E-state index contributed by atoms with van der Waals surface area (Å²) in [6.45, 7) is 5.42. The molecule has 2 rings (SSSR count). The molecular weight excluding hydrogens is 242 g/mol. The van der Waals surface area contributed by atoms with Gasteiger partial charge in [0.2, 0.25) is 0 Å². The van der Waals surface area contributed by atoms with Gasteiger partial charge in [-0.3, -0.25) is 0 Å². The Morgan fingerprint density at radius 2 is 2.00 bits per heavy atom. The lowest BCUT2D eigenvalue weighted by Gasteiger charge is -2.39. The molecule has 1 aliphatic heterocycles. The van der Waals surface area contributed by atoms with E-state index in [1.807, 2.05) is 19.1 Å². The maximum Gasteiger partial charge on any atom is 0.115 e.